The van der Waals surface area contributed by atoms with Crippen LogP contribution in [0.4, 0.5) is 0 Å². The van der Waals surface area contributed by atoms with Gasteiger partial charge in [-0.05, 0) is 18.4 Å². The predicted octanol–water partition coefficient (Wildman–Crippen LogP) is 5.88. The van der Waals surface area contributed by atoms with E-state index in [4.69, 9.17) is 0 Å². The molecule has 100 valence electrons. The fourth-order valence-corrected chi connectivity index (χ4v) is 2.21. The summed E-state index contributed by atoms with van der Waals surface area (Å²) in [5.74, 6) is 0. The van der Waals surface area contributed by atoms with Crippen LogP contribution in [0.5, 0.6) is 0 Å². The second-order valence-corrected chi connectivity index (χ2v) is 5.69. The van der Waals surface area contributed by atoms with Crippen molar-refractivity contribution in [1.29, 1.82) is 0 Å². The van der Waals surface area contributed by atoms with Gasteiger partial charge in [0.05, 0.1) is 0 Å². The second-order valence-electron chi connectivity index (χ2n) is 5.69. The molecule has 0 heterocycles. The molecule has 0 atom stereocenters. The van der Waals surface area contributed by atoms with E-state index in [9.17, 15) is 0 Å². The molecule has 0 N–H and O–H groups in total. The Morgan fingerprint density at radius 3 is 2.28 bits per heavy atom. The van der Waals surface area contributed by atoms with Gasteiger partial charge >= 0.3 is 0 Å². The third kappa shape index (κ3) is 5.53. The molecule has 0 saturated heterocycles. The van der Waals surface area contributed by atoms with E-state index in [2.05, 4.69) is 63.3 Å². The maximum absolute atomic E-state index is 2.36. The van der Waals surface area contributed by atoms with E-state index in [1.54, 1.807) is 0 Å². The lowest BCUT2D eigenvalue weighted by Crippen LogP contribution is -2.12. The molecule has 0 aliphatic heterocycles. The fraction of sp³-hybridized carbons (Fsp3) is 0.556. The van der Waals surface area contributed by atoms with E-state index in [-0.39, 0.29) is 5.41 Å². The molecule has 0 amide bonds. The summed E-state index contributed by atoms with van der Waals surface area (Å²) in [6.07, 6.45) is 12.8. The average molecular weight is 244 g/mol. The smallest absolute Gasteiger partial charge is 0.00753 e. The Balaban J connectivity index is 2.32. The second kappa shape index (κ2) is 8.13. The highest BCUT2D eigenvalue weighted by Gasteiger charge is 2.15. The van der Waals surface area contributed by atoms with Gasteiger partial charge in [0.25, 0.3) is 0 Å². The summed E-state index contributed by atoms with van der Waals surface area (Å²) in [7, 11) is 0. The first kappa shape index (κ1) is 15.0. The summed E-state index contributed by atoms with van der Waals surface area (Å²) >= 11 is 0. The lowest BCUT2D eigenvalue weighted by atomic mass is 9.84. The van der Waals surface area contributed by atoms with Gasteiger partial charge in [-0.25, -0.2) is 0 Å². The molecule has 0 unspecified atom stereocenters. The maximum atomic E-state index is 2.36. The van der Waals surface area contributed by atoms with Crippen molar-refractivity contribution in [3.63, 3.8) is 0 Å². The van der Waals surface area contributed by atoms with E-state index in [1.807, 2.05) is 0 Å². The van der Waals surface area contributed by atoms with Crippen molar-refractivity contribution in [2.45, 2.75) is 64.7 Å². The van der Waals surface area contributed by atoms with Crippen LogP contribution in [0, 0.1) is 0 Å². The first-order chi connectivity index (χ1) is 8.67. The quantitative estimate of drug-likeness (QED) is 0.395. The molecule has 0 aromatic heterocycles. The summed E-state index contributed by atoms with van der Waals surface area (Å²) < 4.78 is 0. The van der Waals surface area contributed by atoms with Gasteiger partial charge in [-0.1, -0.05) is 88.9 Å². The van der Waals surface area contributed by atoms with E-state index < -0.39 is 0 Å². The van der Waals surface area contributed by atoms with Gasteiger partial charge in [0, 0.05) is 5.41 Å². The molecule has 0 aliphatic rings. The number of rotatable bonds is 8. The van der Waals surface area contributed by atoms with Crippen molar-refractivity contribution in [2.24, 2.45) is 0 Å². The molecule has 0 nitrogen and oxygen atoms in total. The molecule has 1 rings (SSSR count). The summed E-state index contributed by atoms with van der Waals surface area (Å²) in [5.41, 5.74) is 1.55. The number of hydrogen-bond acceptors (Lipinski definition) is 0. The van der Waals surface area contributed by atoms with Crippen LogP contribution in [0.25, 0.3) is 0 Å². The molecular formula is C18H28. The van der Waals surface area contributed by atoms with Crippen LogP contribution in [0.1, 0.15) is 64.9 Å². The number of allylic oxidation sites excluding steroid dienone is 2. The highest BCUT2D eigenvalue weighted by Crippen LogP contribution is 2.24. The molecule has 0 bridgehead atoms. The standard InChI is InChI=1S/C18H28/c1-4-5-6-7-8-9-13-16-18(2,3)17-14-11-10-12-15-17/h10-16H,4-9H2,1-3H3. The zero-order valence-electron chi connectivity index (χ0n) is 12.3. The maximum Gasteiger partial charge on any atom is 0.00753 e. The van der Waals surface area contributed by atoms with E-state index in [0.29, 0.717) is 0 Å². The van der Waals surface area contributed by atoms with Crippen molar-refractivity contribution in [2.75, 3.05) is 0 Å². The van der Waals surface area contributed by atoms with Crippen molar-refractivity contribution in [3.05, 3.63) is 48.0 Å². The highest BCUT2D eigenvalue weighted by molar-refractivity contribution is 5.28. The third-order valence-corrected chi connectivity index (χ3v) is 3.53. The fourth-order valence-electron chi connectivity index (χ4n) is 2.21. The summed E-state index contributed by atoms with van der Waals surface area (Å²) in [5, 5.41) is 0. The van der Waals surface area contributed by atoms with Crippen molar-refractivity contribution in [3.8, 4) is 0 Å². The predicted molar refractivity (Wildman–Crippen MR) is 82.0 cm³/mol. The lowest BCUT2D eigenvalue weighted by molar-refractivity contribution is 0.630. The average Bonchev–Trinajstić information content (AvgIpc) is 2.39. The number of hydrogen-bond donors (Lipinski definition) is 0. The van der Waals surface area contributed by atoms with E-state index in [1.165, 1.54) is 44.1 Å². The summed E-state index contributed by atoms with van der Waals surface area (Å²) in [6.45, 7) is 6.84. The van der Waals surface area contributed by atoms with Gasteiger partial charge in [0.2, 0.25) is 0 Å². The number of benzene rings is 1. The Hall–Kier alpha value is -1.04. The zero-order valence-corrected chi connectivity index (χ0v) is 12.3. The first-order valence-electron chi connectivity index (χ1n) is 7.40. The van der Waals surface area contributed by atoms with Gasteiger partial charge in [-0.15, -0.1) is 0 Å². The van der Waals surface area contributed by atoms with Crippen molar-refractivity contribution < 1.29 is 0 Å². The molecule has 1 aromatic carbocycles. The molecule has 0 fully saturated rings. The number of unbranched alkanes of at least 4 members (excludes halogenated alkanes) is 5. The normalized spacial score (nSPS) is 12.2. The lowest BCUT2D eigenvalue weighted by Gasteiger charge is -2.20. The van der Waals surface area contributed by atoms with Crippen molar-refractivity contribution >= 4 is 0 Å². The largest absolute Gasteiger partial charge is 0.0877 e. The van der Waals surface area contributed by atoms with Crippen LogP contribution >= 0.6 is 0 Å². The molecule has 0 heteroatoms. The van der Waals surface area contributed by atoms with Crippen LogP contribution in [-0.2, 0) is 5.41 Å². The molecular weight excluding hydrogens is 216 g/mol. The van der Waals surface area contributed by atoms with Gasteiger partial charge in [0.15, 0.2) is 0 Å². The van der Waals surface area contributed by atoms with Crippen LogP contribution in [0.2, 0.25) is 0 Å². The van der Waals surface area contributed by atoms with Crippen LogP contribution in [0.15, 0.2) is 42.5 Å². The van der Waals surface area contributed by atoms with E-state index >= 15 is 0 Å². The Bertz CT molecular complexity index is 332. The minimum Gasteiger partial charge on any atom is -0.0877 e. The Labute approximate surface area is 113 Å². The highest BCUT2D eigenvalue weighted by atomic mass is 14.2. The minimum absolute atomic E-state index is 0.157. The Morgan fingerprint density at radius 1 is 0.944 bits per heavy atom. The van der Waals surface area contributed by atoms with Crippen molar-refractivity contribution in [1.82, 2.24) is 0 Å². The monoisotopic (exact) mass is 244 g/mol. The molecule has 0 radical (unpaired) electrons. The summed E-state index contributed by atoms with van der Waals surface area (Å²) in [6, 6.07) is 10.7. The van der Waals surface area contributed by atoms with Crippen LogP contribution < -0.4 is 0 Å². The topological polar surface area (TPSA) is 0 Å². The van der Waals surface area contributed by atoms with Gasteiger partial charge < -0.3 is 0 Å². The van der Waals surface area contributed by atoms with Crippen LogP contribution in [-0.4, -0.2) is 0 Å². The van der Waals surface area contributed by atoms with E-state index in [0.717, 1.165) is 0 Å². The minimum atomic E-state index is 0.157. The van der Waals surface area contributed by atoms with Gasteiger partial charge in [0.1, 0.15) is 0 Å². The molecule has 0 spiro atoms. The third-order valence-electron chi connectivity index (χ3n) is 3.53. The molecule has 1 aromatic rings. The van der Waals surface area contributed by atoms with Crippen LogP contribution in [0.3, 0.4) is 0 Å². The molecule has 0 aliphatic carbocycles. The summed E-state index contributed by atoms with van der Waals surface area (Å²) in [4.78, 5) is 0. The first-order valence-corrected chi connectivity index (χ1v) is 7.40. The molecule has 0 saturated carbocycles. The SMILES string of the molecule is CCCCCCCC=CC(C)(C)c1ccccc1. The van der Waals surface area contributed by atoms with Gasteiger partial charge in [-0.2, -0.15) is 0 Å². The Morgan fingerprint density at radius 2 is 1.61 bits per heavy atom. The molecule has 18 heavy (non-hydrogen) atoms. The Kier molecular flexibility index (Phi) is 6.78. The zero-order chi connectivity index (χ0) is 13.3. The van der Waals surface area contributed by atoms with Gasteiger partial charge in [-0.3, -0.25) is 0 Å².